The number of amides is 1. The number of alkyl carbamates (subject to hydrolysis) is 1. The van der Waals surface area contributed by atoms with Gasteiger partial charge in [0.1, 0.15) is 11.9 Å². The Bertz CT molecular complexity index is 464. The fourth-order valence-corrected chi connectivity index (χ4v) is 1.57. The van der Waals surface area contributed by atoms with Gasteiger partial charge in [-0.3, -0.25) is 9.78 Å². The van der Waals surface area contributed by atoms with Crippen LogP contribution in [0.3, 0.4) is 0 Å². The summed E-state index contributed by atoms with van der Waals surface area (Å²) in [5, 5.41) is 2.66. The van der Waals surface area contributed by atoms with Gasteiger partial charge in [-0.25, -0.2) is 4.79 Å². The quantitative estimate of drug-likeness (QED) is 0.847. The van der Waals surface area contributed by atoms with E-state index in [2.05, 4.69) is 10.3 Å². The van der Waals surface area contributed by atoms with Crippen molar-refractivity contribution >= 4 is 12.4 Å². The van der Waals surface area contributed by atoms with E-state index in [1.807, 2.05) is 27.7 Å². The number of carbonyl (C=O) groups is 2. The first kappa shape index (κ1) is 15.1. The predicted octanol–water partition coefficient (Wildman–Crippen LogP) is 2.27. The summed E-state index contributed by atoms with van der Waals surface area (Å²) in [5.74, 6) is 0. The van der Waals surface area contributed by atoms with Crippen LogP contribution in [0.2, 0.25) is 0 Å². The summed E-state index contributed by atoms with van der Waals surface area (Å²) < 4.78 is 5.12. The zero-order valence-electron chi connectivity index (χ0n) is 11.8. The van der Waals surface area contributed by atoms with Gasteiger partial charge in [-0.15, -0.1) is 0 Å². The van der Waals surface area contributed by atoms with Crippen LogP contribution in [0.1, 0.15) is 42.5 Å². The van der Waals surface area contributed by atoms with E-state index in [9.17, 15) is 9.59 Å². The molecule has 1 aromatic rings. The van der Waals surface area contributed by atoms with E-state index in [1.54, 1.807) is 12.1 Å². The molecule has 1 heterocycles. The molecule has 19 heavy (non-hydrogen) atoms. The minimum absolute atomic E-state index is 0.420. The van der Waals surface area contributed by atoms with Crippen LogP contribution in [-0.4, -0.2) is 29.5 Å². The first-order chi connectivity index (χ1) is 8.80. The predicted molar refractivity (Wildman–Crippen MR) is 72.3 cm³/mol. The van der Waals surface area contributed by atoms with Gasteiger partial charge in [-0.05, 0) is 39.8 Å². The fraction of sp³-hybridized carbons (Fsp3) is 0.500. The third kappa shape index (κ3) is 5.99. The number of pyridine rings is 1. The van der Waals surface area contributed by atoms with Crippen molar-refractivity contribution < 1.29 is 14.3 Å². The van der Waals surface area contributed by atoms with Gasteiger partial charge in [0, 0.05) is 29.9 Å². The molecule has 0 unspecified atom stereocenters. The molecular formula is C14H20N2O3. The maximum atomic E-state index is 11.4. The Labute approximate surface area is 113 Å². The molecule has 0 aliphatic heterocycles. The van der Waals surface area contributed by atoms with Crippen molar-refractivity contribution in [2.45, 2.75) is 39.7 Å². The third-order valence-electron chi connectivity index (χ3n) is 2.21. The summed E-state index contributed by atoms with van der Waals surface area (Å²) in [7, 11) is 0. The first-order valence-electron chi connectivity index (χ1n) is 6.20. The average Bonchev–Trinajstić information content (AvgIpc) is 2.25. The number of aromatic nitrogens is 1. The van der Waals surface area contributed by atoms with Gasteiger partial charge in [-0.1, -0.05) is 0 Å². The third-order valence-corrected chi connectivity index (χ3v) is 2.21. The number of aryl methyl sites for hydroxylation is 1. The first-order valence-corrected chi connectivity index (χ1v) is 6.20. The standard InChI is InChI=1S/C14H20N2O3/c1-10-7-11(9-17)8-12(16-10)5-6-15-13(18)19-14(2,3)4/h7-9H,5-6H2,1-4H3,(H,15,18). The highest BCUT2D eigenvalue weighted by Crippen LogP contribution is 2.07. The van der Waals surface area contributed by atoms with Crippen molar-refractivity contribution in [3.8, 4) is 0 Å². The van der Waals surface area contributed by atoms with E-state index >= 15 is 0 Å². The van der Waals surface area contributed by atoms with E-state index in [0.29, 0.717) is 18.5 Å². The Morgan fingerprint density at radius 3 is 2.68 bits per heavy atom. The molecular weight excluding hydrogens is 244 g/mol. The molecule has 0 saturated heterocycles. The van der Waals surface area contributed by atoms with Crippen LogP contribution < -0.4 is 5.32 Å². The molecule has 1 amide bonds. The molecule has 5 heteroatoms. The van der Waals surface area contributed by atoms with Gasteiger partial charge in [-0.2, -0.15) is 0 Å². The van der Waals surface area contributed by atoms with Gasteiger partial charge in [0.25, 0.3) is 0 Å². The van der Waals surface area contributed by atoms with Crippen molar-refractivity contribution in [1.82, 2.24) is 10.3 Å². The molecule has 0 saturated carbocycles. The second-order valence-corrected chi connectivity index (χ2v) is 5.33. The number of nitrogens with one attached hydrogen (secondary N) is 1. The molecule has 1 N–H and O–H groups in total. The summed E-state index contributed by atoms with van der Waals surface area (Å²) in [6, 6.07) is 3.44. The zero-order chi connectivity index (χ0) is 14.5. The van der Waals surface area contributed by atoms with Crippen LogP contribution in [0.25, 0.3) is 0 Å². The van der Waals surface area contributed by atoms with Crippen LogP contribution >= 0.6 is 0 Å². The lowest BCUT2D eigenvalue weighted by Gasteiger charge is -2.19. The average molecular weight is 264 g/mol. The second-order valence-electron chi connectivity index (χ2n) is 5.33. The summed E-state index contributed by atoms with van der Waals surface area (Å²) in [4.78, 5) is 26.5. The Kier molecular flexibility index (Phi) is 5.03. The summed E-state index contributed by atoms with van der Waals surface area (Å²) >= 11 is 0. The molecule has 104 valence electrons. The van der Waals surface area contributed by atoms with Gasteiger partial charge < -0.3 is 10.1 Å². The molecule has 0 aliphatic rings. The van der Waals surface area contributed by atoms with Crippen LogP contribution in [-0.2, 0) is 11.2 Å². The van der Waals surface area contributed by atoms with Gasteiger partial charge in [0.15, 0.2) is 0 Å². The lowest BCUT2D eigenvalue weighted by Crippen LogP contribution is -2.33. The monoisotopic (exact) mass is 264 g/mol. The number of nitrogens with zero attached hydrogens (tertiary/aromatic N) is 1. The highest BCUT2D eigenvalue weighted by atomic mass is 16.6. The van der Waals surface area contributed by atoms with Crippen LogP contribution in [0.15, 0.2) is 12.1 Å². The lowest BCUT2D eigenvalue weighted by molar-refractivity contribution is 0.0528. The number of carbonyl (C=O) groups excluding carboxylic acids is 2. The van der Waals surface area contributed by atoms with Crippen LogP contribution in [0.5, 0.6) is 0 Å². The van der Waals surface area contributed by atoms with Crippen molar-refractivity contribution in [2.75, 3.05) is 6.54 Å². The molecule has 0 spiro atoms. The maximum Gasteiger partial charge on any atom is 0.407 e. The summed E-state index contributed by atoms with van der Waals surface area (Å²) in [5.41, 5.74) is 1.66. The fourth-order valence-electron chi connectivity index (χ4n) is 1.57. The minimum atomic E-state index is -0.504. The van der Waals surface area contributed by atoms with Crippen molar-refractivity contribution in [3.63, 3.8) is 0 Å². The zero-order valence-corrected chi connectivity index (χ0v) is 11.8. The Morgan fingerprint density at radius 1 is 1.42 bits per heavy atom. The largest absolute Gasteiger partial charge is 0.444 e. The SMILES string of the molecule is Cc1cc(C=O)cc(CCNC(=O)OC(C)(C)C)n1. The molecule has 0 radical (unpaired) electrons. The number of ether oxygens (including phenoxy) is 1. The highest BCUT2D eigenvalue weighted by molar-refractivity contribution is 5.75. The van der Waals surface area contributed by atoms with Gasteiger partial charge in [0.05, 0.1) is 0 Å². The summed E-state index contributed by atoms with van der Waals surface area (Å²) in [6.07, 6.45) is 0.900. The van der Waals surface area contributed by atoms with Crippen molar-refractivity contribution in [2.24, 2.45) is 0 Å². The molecule has 1 rings (SSSR count). The Balaban J connectivity index is 2.47. The number of aldehydes is 1. The van der Waals surface area contributed by atoms with Crippen LogP contribution in [0, 0.1) is 6.92 Å². The van der Waals surface area contributed by atoms with Crippen molar-refractivity contribution in [1.29, 1.82) is 0 Å². The number of rotatable bonds is 4. The highest BCUT2D eigenvalue weighted by Gasteiger charge is 2.15. The molecule has 0 aromatic carbocycles. The summed E-state index contributed by atoms with van der Waals surface area (Å²) in [6.45, 7) is 7.68. The molecule has 0 aliphatic carbocycles. The molecule has 5 nitrogen and oxygen atoms in total. The van der Waals surface area contributed by atoms with E-state index < -0.39 is 11.7 Å². The second kappa shape index (κ2) is 6.31. The number of hydrogen-bond acceptors (Lipinski definition) is 4. The smallest absolute Gasteiger partial charge is 0.407 e. The topological polar surface area (TPSA) is 68.3 Å². The van der Waals surface area contributed by atoms with Gasteiger partial charge >= 0.3 is 6.09 Å². The minimum Gasteiger partial charge on any atom is -0.444 e. The molecule has 0 atom stereocenters. The van der Waals surface area contributed by atoms with E-state index in [1.165, 1.54) is 0 Å². The molecule has 0 bridgehead atoms. The van der Waals surface area contributed by atoms with E-state index in [-0.39, 0.29) is 0 Å². The van der Waals surface area contributed by atoms with Crippen LogP contribution in [0.4, 0.5) is 4.79 Å². The van der Waals surface area contributed by atoms with Gasteiger partial charge in [0.2, 0.25) is 0 Å². The molecule has 0 fully saturated rings. The Morgan fingerprint density at radius 2 is 2.11 bits per heavy atom. The van der Waals surface area contributed by atoms with E-state index in [0.717, 1.165) is 17.7 Å². The Hall–Kier alpha value is -1.91. The molecule has 1 aromatic heterocycles. The van der Waals surface area contributed by atoms with Crippen molar-refractivity contribution in [3.05, 3.63) is 29.1 Å². The number of hydrogen-bond donors (Lipinski definition) is 1. The lowest BCUT2D eigenvalue weighted by atomic mass is 10.2. The maximum absolute atomic E-state index is 11.4. The normalized spacial score (nSPS) is 10.9. The van der Waals surface area contributed by atoms with E-state index in [4.69, 9.17) is 4.74 Å².